The number of aromatic carboxylic acids is 1. The first-order valence-electron chi connectivity index (χ1n) is 4.87. The van der Waals surface area contributed by atoms with Gasteiger partial charge in [-0.2, -0.15) is 13.2 Å². The highest BCUT2D eigenvalue weighted by Crippen LogP contribution is 2.30. The van der Waals surface area contributed by atoms with Crippen molar-refractivity contribution in [3.63, 3.8) is 0 Å². The van der Waals surface area contributed by atoms with Crippen LogP contribution in [0.15, 0.2) is 18.2 Å². The Morgan fingerprint density at radius 2 is 2.05 bits per heavy atom. The Hall–Kier alpha value is -1.45. The molecule has 0 saturated carbocycles. The van der Waals surface area contributed by atoms with Crippen molar-refractivity contribution in [1.82, 2.24) is 0 Å². The monoisotopic (exact) mass is 297 g/mol. The van der Waals surface area contributed by atoms with Crippen molar-refractivity contribution in [2.75, 3.05) is 6.61 Å². The van der Waals surface area contributed by atoms with E-state index in [1.165, 1.54) is 0 Å². The molecule has 9 heteroatoms. The number of alkyl halides is 3. The molecule has 0 aliphatic heterocycles. The number of rotatable bonds is 5. The first-order chi connectivity index (χ1) is 8.71. The van der Waals surface area contributed by atoms with Gasteiger partial charge in [0, 0.05) is 0 Å². The number of benzene rings is 1. The Balaban J connectivity index is 3.02. The van der Waals surface area contributed by atoms with Crippen LogP contribution in [-0.2, 0) is 28.1 Å². The molecule has 1 unspecified atom stereocenters. The van der Waals surface area contributed by atoms with Crippen molar-refractivity contribution < 1.29 is 36.0 Å². The van der Waals surface area contributed by atoms with Crippen LogP contribution in [0.3, 0.4) is 0 Å². The molecule has 0 bridgehead atoms. The van der Waals surface area contributed by atoms with Gasteiger partial charge in [-0.05, 0) is 30.2 Å². The molecule has 0 aliphatic rings. The Morgan fingerprint density at radius 1 is 1.42 bits per heavy atom. The van der Waals surface area contributed by atoms with Crippen molar-refractivity contribution >= 4 is 17.3 Å². The summed E-state index contributed by atoms with van der Waals surface area (Å²) in [7, 11) is 0. The van der Waals surface area contributed by atoms with Crippen molar-refractivity contribution in [3.05, 3.63) is 34.9 Å². The number of carboxylic acid groups (broad SMARTS) is 1. The van der Waals surface area contributed by atoms with Gasteiger partial charge in [0.15, 0.2) is 0 Å². The minimum Gasteiger partial charge on any atom is -0.750 e. The maximum Gasteiger partial charge on any atom is 0.416 e. The Morgan fingerprint density at radius 3 is 2.53 bits per heavy atom. The van der Waals surface area contributed by atoms with E-state index in [1.807, 2.05) is 0 Å². The van der Waals surface area contributed by atoms with Crippen molar-refractivity contribution in [1.29, 1.82) is 0 Å². The molecule has 1 rings (SSSR count). The number of hydrogen-bond acceptors (Lipinski definition) is 4. The summed E-state index contributed by atoms with van der Waals surface area (Å²) in [5.41, 5.74) is -1.48. The molecule has 19 heavy (non-hydrogen) atoms. The van der Waals surface area contributed by atoms with E-state index in [0.717, 1.165) is 6.07 Å². The van der Waals surface area contributed by atoms with E-state index in [2.05, 4.69) is 4.18 Å². The van der Waals surface area contributed by atoms with Gasteiger partial charge >= 0.3 is 12.1 Å². The van der Waals surface area contributed by atoms with E-state index in [9.17, 15) is 26.7 Å². The SMILES string of the molecule is O=C(O)c1ccc(C(F)(F)F)cc1CCOS(=O)[O-]. The smallest absolute Gasteiger partial charge is 0.416 e. The van der Waals surface area contributed by atoms with E-state index in [4.69, 9.17) is 5.11 Å². The first-order valence-corrected chi connectivity index (χ1v) is 5.87. The van der Waals surface area contributed by atoms with Crippen LogP contribution in [0.4, 0.5) is 13.2 Å². The normalized spacial score (nSPS) is 13.3. The van der Waals surface area contributed by atoms with E-state index in [-0.39, 0.29) is 17.5 Å². The highest BCUT2D eigenvalue weighted by atomic mass is 32.2. The van der Waals surface area contributed by atoms with Gasteiger partial charge in [0.2, 0.25) is 0 Å². The summed E-state index contributed by atoms with van der Waals surface area (Å²) < 4.78 is 61.8. The fourth-order valence-corrected chi connectivity index (χ4v) is 1.62. The summed E-state index contributed by atoms with van der Waals surface area (Å²) in [6.45, 7) is -0.433. The average Bonchev–Trinajstić information content (AvgIpc) is 2.26. The van der Waals surface area contributed by atoms with Crippen molar-refractivity contribution in [3.8, 4) is 0 Å². The third-order valence-electron chi connectivity index (χ3n) is 2.21. The lowest BCUT2D eigenvalue weighted by molar-refractivity contribution is -0.137. The van der Waals surface area contributed by atoms with Crippen LogP contribution in [0.1, 0.15) is 21.5 Å². The molecule has 0 fully saturated rings. The molecule has 5 nitrogen and oxygen atoms in total. The predicted molar refractivity (Wildman–Crippen MR) is 57.0 cm³/mol. The molecule has 1 atom stereocenters. The Bertz CT molecular complexity index is 500. The highest BCUT2D eigenvalue weighted by Gasteiger charge is 2.31. The molecule has 0 heterocycles. The van der Waals surface area contributed by atoms with Gasteiger partial charge in [-0.1, -0.05) is 0 Å². The highest BCUT2D eigenvalue weighted by molar-refractivity contribution is 7.74. The second-order valence-electron chi connectivity index (χ2n) is 3.45. The maximum atomic E-state index is 12.5. The number of hydrogen-bond donors (Lipinski definition) is 1. The fraction of sp³-hybridized carbons (Fsp3) is 0.300. The van der Waals surface area contributed by atoms with Gasteiger partial charge in [-0.25, -0.2) is 9.00 Å². The topological polar surface area (TPSA) is 86.7 Å². The summed E-state index contributed by atoms with van der Waals surface area (Å²) in [5.74, 6) is -1.40. The van der Waals surface area contributed by atoms with Crippen LogP contribution in [0.2, 0.25) is 0 Å². The molecule has 0 amide bonds. The largest absolute Gasteiger partial charge is 0.750 e. The molecule has 0 aromatic heterocycles. The zero-order valence-electron chi connectivity index (χ0n) is 9.27. The van der Waals surface area contributed by atoms with E-state index in [1.54, 1.807) is 0 Å². The summed E-state index contributed by atoms with van der Waals surface area (Å²) in [5, 5.41) is 8.82. The second kappa shape index (κ2) is 6.13. The van der Waals surface area contributed by atoms with E-state index >= 15 is 0 Å². The van der Waals surface area contributed by atoms with Crippen LogP contribution in [0.5, 0.6) is 0 Å². The second-order valence-corrected chi connectivity index (χ2v) is 4.09. The summed E-state index contributed by atoms with van der Waals surface area (Å²) >= 11 is -2.80. The molecule has 0 saturated heterocycles. The standard InChI is InChI=1S/C10H9F3O5S/c11-10(12,13)7-1-2-8(9(14)15)6(5-7)3-4-18-19(16)17/h1-2,5H,3-4H2,(H,14,15)(H,16,17)/p-1. The first kappa shape index (κ1) is 15.6. The lowest BCUT2D eigenvalue weighted by Gasteiger charge is -2.12. The molecule has 106 valence electrons. The minimum atomic E-state index is -4.60. The Kier molecular flexibility index (Phi) is 5.04. The lowest BCUT2D eigenvalue weighted by atomic mass is 10.0. The molecular weight excluding hydrogens is 289 g/mol. The molecule has 0 spiro atoms. The number of carbonyl (C=O) groups is 1. The fourth-order valence-electron chi connectivity index (χ4n) is 1.41. The molecule has 0 radical (unpaired) electrons. The lowest BCUT2D eigenvalue weighted by Crippen LogP contribution is -2.11. The predicted octanol–water partition coefficient (Wildman–Crippen LogP) is 1.76. The zero-order chi connectivity index (χ0) is 14.6. The van der Waals surface area contributed by atoms with Crippen LogP contribution >= 0.6 is 0 Å². The molecule has 1 aromatic carbocycles. The van der Waals surface area contributed by atoms with Gasteiger partial charge in [0.1, 0.15) is 0 Å². The van der Waals surface area contributed by atoms with Crippen LogP contribution in [-0.4, -0.2) is 26.4 Å². The Labute approximate surface area is 108 Å². The molecule has 0 aliphatic carbocycles. The molecule has 1 aromatic rings. The van der Waals surface area contributed by atoms with E-state index < -0.39 is 35.7 Å². The van der Waals surface area contributed by atoms with Crippen molar-refractivity contribution in [2.45, 2.75) is 12.6 Å². The van der Waals surface area contributed by atoms with Crippen LogP contribution < -0.4 is 0 Å². The van der Waals surface area contributed by atoms with Gasteiger partial charge in [-0.3, -0.25) is 0 Å². The minimum absolute atomic E-state index is 0.146. The summed E-state index contributed by atoms with van der Waals surface area (Å²) in [6, 6.07) is 2.15. The van der Waals surface area contributed by atoms with Gasteiger partial charge in [0.25, 0.3) is 0 Å². The summed E-state index contributed by atoms with van der Waals surface area (Å²) in [4.78, 5) is 10.8. The maximum absolute atomic E-state index is 12.5. The van der Waals surface area contributed by atoms with Crippen LogP contribution in [0.25, 0.3) is 0 Å². The average molecular weight is 297 g/mol. The third-order valence-corrected chi connectivity index (χ3v) is 2.57. The van der Waals surface area contributed by atoms with Crippen molar-refractivity contribution in [2.24, 2.45) is 0 Å². The van der Waals surface area contributed by atoms with Gasteiger partial charge in [-0.15, -0.1) is 0 Å². The number of halogens is 3. The van der Waals surface area contributed by atoms with E-state index in [0.29, 0.717) is 12.1 Å². The van der Waals surface area contributed by atoms with Gasteiger partial charge in [0.05, 0.1) is 29.1 Å². The van der Waals surface area contributed by atoms with Gasteiger partial charge < -0.3 is 13.8 Å². The zero-order valence-corrected chi connectivity index (χ0v) is 10.1. The summed E-state index contributed by atoms with van der Waals surface area (Å²) in [6.07, 6.45) is -4.87. The number of carboxylic acids is 1. The van der Waals surface area contributed by atoms with Crippen LogP contribution in [0, 0.1) is 0 Å². The quantitative estimate of drug-likeness (QED) is 0.837. The third kappa shape index (κ3) is 4.62. The molecule has 1 N–H and O–H groups in total. The molecular formula is C10H8F3O5S-.